The van der Waals surface area contributed by atoms with Gasteiger partial charge < -0.3 is 15.0 Å². The molecule has 0 aliphatic carbocycles. The van der Waals surface area contributed by atoms with Crippen LogP contribution in [0, 0.1) is 0 Å². The van der Waals surface area contributed by atoms with E-state index in [1.807, 2.05) is 0 Å². The van der Waals surface area contributed by atoms with E-state index in [9.17, 15) is 0 Å². The van der Waals surface area contributed by atoms with E-state index in [1.165, 1.54) is 45.3 Å². The maximum absolute atomic E-state index is 6.28. The van der Waals surface area contributed by atoms with Crippen LogP contribution in [-0.2, 0) is 4.74 Å². The molecular formula is C12H24N2O. The van der Waals surface area contributed by atoms with Crippen LogP contribution >= 0.6 is 0 Å². The van der Waals surface area contributed by atoms with Crippen molar-refractivity contribution in [2.75, 3.05) is 33.2 Å². The predicted octanol–water partition coefficient (Wildman–Crippen LogP) is 1.24. The Balaban J connectivity index is 1.81. The SMILES string of the molecule is CN1CCC(C)(OC2CCCNC2)CC1. The van der Waals surface area contributed by atoms with Crippen LogP contribution in [0.4, 0.5) is 0 Å². The average Bonchev–Trinajstić information content (AvgIpc) is 2.24. The molecule has 0 aromatic rings. The standard InChI is InChI=1S/C12H24N2O/c1-12(5-8-14(2)9-6-12)15-11-4-3-7-13-10-11/h11,13H,3-10H2,1-2H3. The van der Waals surface area contributed by atoms with Gasteiger partial charge in [-0.25, -0.2) is 0 Å². The minimum Gasteiger partial charge on any atom is -0.371 e. The minimum absolute atomic E-state index is 0.135. The maximum atomic E-state index is 6.28. The molecule has 15 heavy (non-hydrogen) atoms. The fourth-order valence-corrected chi connectivity index (χ4v) is 2.53. The first-order valence-corrected chi connectivity index (χ1v) is 6.25. The van der Waals surface area contributed by atoms with E-state index in [1.54, 1.807) is 0 Å². The Morgan fingerprint density at radius 1 is 1.33 bits per heavy atom. The molecule has 1 atom stereocenters. The van der Waals surface area contributed by atoms with Gasteiger partial charge in [-0.2, -0.15) is 0 Å². The number of nitrogens with one attached hydrogen (secondary N) is 1. The van der Waals surface area contributed by atoms with Crippen molar-refractivity contribution in [1.29, 1.82) is 0 Å². The van der Waals surface area contributed by atoms with E-state index < -0.39 is 0 Å². The first kappa shape index (κ1) is 11.4. The van der Waals surface area contributed by atoms with Crippen molar-refractivity contribution in [3.63, 3.8) is 0 Å². The molecule has 0 amide bonds. The van der Waals surface area contributed by atoms with Crippen molar-refractivity contribution in [1.82, 2.24) is 10.2 Å². The molecule has 0 spiro atoms. The molecule has 1 unspecified atom stereocenters. The van der Waals surface area contributed by atoms with Crippen LogP contribution in [0.2, 0.25) is 0 Å². The van der Waals surface area contributed by atoms with Gasteiger partial charge in [-0.15, -0.1) is 0 Å². The van der Waals surface area contributed by atoms with Gasteiger partial charge in [-0.1, -0.05) is 0 Å². The highest BCUT2D eigenvalue weighted by Gasteiger charge is 2.32. The third-order valence-corrected chi connectivity index (χ3v) is 3.75. The Morgan fingerprint density at radius 3 is 2.67 bits per heavy atom. The number of piperidine rings is 2. The van der Waals surface area contributed by atoms with Crippen LogP contribution in [0.5, 0.6) is 0 Å². The van der Waals surface area contributed by atoms with Gasteiger partial charge in [0.05, 0.1) is 11.7 Å². The van der Waals surface area contributed by atoms with Crippen molar-refractivity contribution >= 4 is 0 Å². The summed E-state index contributed by atoms with van der Waals surface area (Å²) in [6, 6.07) is 0. The highest BCUT2D eigenvalue weighted by molar-refractivity contribution is 4.85. The molecule has 0 aromatic heterocycles. The van der Waals surface area contributed by atoms with E-state index in [4.69, 9.17) is 4.74 Å². The number of hydrogen-bond acceptors (Lipinski definition) is 3. The van der Waals surface area contributed by atoms with E-state index >= 15 is 0 Å². The Kier molecular flexibility index (Phi) is 3.65. The molecular weight excluding hydrogens is 188 g/mol. The second kappa shape index (κ2) is 4.81. The second-order valence-corrected chi connectivity index (χ2v) is 5.34. The molecule has 0 radical (unpaired) electrons. The lowest BCUT2D eigenvalue weighted by molar-refractivity contribution is -0.115. The predicted molar refractivity (Wildman–Crippen MR) is 62.1 cm³/mol. The first-order valence-electron chi connectivity index (χ1n) is 6.25. The number of rotatable bonds is 2. The Bertz CT molecular complexity index is 194. The lowest BCUT2D eigenvalue weighted by Crippen LogP contribution is -2.47. The molecule has 2 aliphatic rings. The van der Waals surface area contributed by atoms with Gasteiger partial charge in [-0.05, 0) is 46.2 Å². The third kappa shape index (κ3) is 3.16. The van der Waals surface area contributed by atoms with Crippen molar-refractivity contribution in [3.8, 4) is 0 Å². The number of likely N-dealkylation sites (tertiary alicyclic amines) is 1. The van der Waals surface area contributed by atoms with Crippen LogP contribution in [0.3, 0.4) is 0 Å². The molecule has 0 saturated carbocycles. The largest absolute Gasteiger partial charge is 0.371 e. The lowest BCUT2D eigenvalue weighted by atomic mass is 9.93. The van der Waals surface area contributed by atoms with Gasteiger partial charge in [0.2, 0.25) is 0 Å². The van der Waals surface area contributed by atoms with Crippen LogP contribution in [0.1, 0.15) is 32.6 Å². The number of ether oxygens (including phenoxy) is 1. The monoisotopic (exact) mass is 212 g/mol. The fraction of sp³-hybridized carbons (Fsp3) is 1.00. The van der Waals surface area contributed by atoms with Gasteiger partial charge in [-0.3, -0.25) is 0 Å². The Morgan fingerprint density at radius 2 is 2.07 bits per heavy atom. The molecule has 2 saturated heterocycles. The van der Waals surface area contributed by atoms with Crippen LogP contribution in [0.15, 0.2) is 0 Å². The zero-order chi connectivity index (χ0) is 10.7. The van der Waals surface area contributed by atoms with Gasteiger partial charge in [0.15, 0.2) is 0 Å². The minimum atomic E-state index is 0.135. The molecule has 0 aromatic carbocycles. The highest BCUT2D eigenvalue weighted by atomic mass is 16.5. The summed E-state index contributed by atoms with van der Waals surface area (Å²) in [6.07, 6.45) is 5.31. The van der Waals surface area contributed by atoms with Gasteiger partial charge in [0.1, 0.15) is 0 Å². The van der Waals surface area contributed by atoms with E-state index in [0.29, 0.717) is 6.10 Å². The van der Waals surface area contributed by atoms with Crippen LogP contribution in [-0.4, -0.2) is 49.8 Å². The summed E-state index contributed by atoms with van der Waals surface area (Å²) < 4.78 is 6.28. The molecule has 88 valence electrons. The second-order valence-electron chi connectivity index (χ2n) is 5.34. The van der Waals surface area contributed by atoms with Gasteiger partial charge in [0, 0.05) is 19.6 Å². The fourth-order valence-electron chi connectivity index (χ4n) is 2.53. The summed E-state index contributed by atoms with van der Waals surface area (Å²) in [5.41, 5.74) is 0.135. The van der Waals surface area contributed by atoms with Crippen molar-refractivity contribution in [3.05, 3.63) is 0 Å². The van der Waals surface area contributed by atoms with E-state index in [-0.39, 0.29) is 5.60 Å². The molecule has 2 fully saturated rings. The van der Waals surface area contributed by atoms with Crippen molar-refractivity contribution in [2.24, 2.45) is 0 Å². The normalized spacial score (nSPS) is 32.8. The summed E-state index contributed by atoms with van der Waals surface area (Å²) in [5.74, 6) is 0. The van der Waals surface area contributed by atoms with Crippen LogP contribution < -0.4 is 5.32 Å². The lowest BCUT2D eigenvalue weighted by Gasteiger charge is -2.41. The molecule has 2 rings (SSSR count). The van der Waals surface area contributed by atoms with Gasteiger partial charge >= 0.3 is 0 Å². The molecule has 1 N–H and O–H groups in total. The quantitative estimate of drug-likeness (QED) is 0.745. The topological polar surface area (TPSA) is 24.5 Å². The summed E-state index contributed by atoms with van der Waals surface area (Å²) in [7, 11) is 2.20. The summed E-state index contributed by atoms with van der Waals surface area (Å²) >= 11 is 0. The molecule has 2 heterocycles. The maximum Gasteiger partial charge on any atom is 0.0707 e. The van der Waals surface area contributed by atoms with Crippen molar-refractivity contribution < 1.29 is 4.74 Å². The summed E-state index contributed by atoms with van der Waals surface area (Å²) in [5, 5.41) is 3.41. The number of nitrogens with zero attached hydrogens (tertiary/aromatic N) is 1. The van der Waals surface area contributed by atoms with E-state index in [2.05, 4.69) is 24.2 Å². The molecule has 3 heteroatoms. The number of hydrogen-bond donors (Lipinski definition) is 1. The summed E-state index contributed by atoms with van der Waals surface area (Å²) in [4.78, 5) is 2.39. The first-order chi connectivity index (χ1) is 7.18. The Hall–Kier alpha value is -0.120. The van der Waals surface area contributed by atoms with Crippen molar-refractivity contribution in [2.45, 2.75) is 44.3 Å². The zero-order valence-corrected chi connectivity index (χ0v) is 10.1. The molecule has 0 bridgehead atoms. The zero-order valence-electron chi connectivity index (χ0n) is 10.1. The smallest absolute Gasteiger partial charge is 0.0707 e. The third-order valence-electron chi connectivity index (χ3n) is 3.75. The van der Waals surface area contributed by atoms with E-state index in [0.717, 1.165) is 6.54 Å². The molecule has 2 aliphatic heterocycles. The van der Waals surface area contributed by atoms with Gasteiger partial charge in [0.25, 0.3) is 0 Å². The van der Waals surface area contributed by atoms with Crippen LogP contribution in [0.25, 0.3) is 0 Å². The highest BCUT2D eigenvalue weighted by Crippen LogP contribution is 2.27. The summed E-state index contributed by atoms with van der Waals surface area (Å²) in [6.45, 7) is 6.85. The molecule has 3 nitrogen and oxygen atoms in total. The average molecular weight is 212 g/mol. The Labute approximate surface area is 93.2 Å².